The van der Waals surface area contributed by atoms with Crippen LogP contribution in [0, 0.1) is 13.8 Å². The van der Waals surface area contributed by atoms with Crippen LogP contribution in [-0.4, -0.2) is 47.8 Å². The largest absolute Gasteiger partial charge is 0.389 e. The summed E-state index contributed by atoms with van der Waals surface area (Å²) < 4.78 is 5.38. The Morgan fingerprint density at radius 1 is 1.19 bits per heavy atom. The first-order chi connectivity index (χ1) is 13.0. The van der Waals surface area contributed by atoms with E-state index in [4.69, 9.17) is 4.74 Å². The zero-order chi connectivity index (χ0) is 19.4. The Labute approximate surface area is 161 Å². The molecule has 0 bridgehead atoms. The number of para-hydroxylation sites is 1. The number of carbonyl (C=O) groups is 1. The Morgan fingerprint density at radius 2 is 1.89 bits per heavy atom. The van der Waals surface area contributed by atoms with E-state index in [9.17, 15) is 9.90 Å². The van der Waals surface area contributed by atoms with Crippen molar-refractivity contribution in [3.05, 3.63) is 64.7 Å². The number of likely N-dealkylation sites (N-methyl/N-ethyl adjacent to an activating group) is 1. The molecule has 0 saturated carbocycles. The zero-order valence-electron chi connectivity index (χ0n) is 16.2. The molecular weight excluding hydrogens is 340 g/mol. The molecule has 0 spiro atoms. The Balaban J connectivity index is 1.74. The first kappa shape index (κ1) is 19.5. The van der Waals surface area contributed by atoms with Gasteiger partial charge in [0, 0.05) is 17.8 Å². The Bertz CT molecular complexity index is 786. The van der Waals surface area contributed by atoms with Gasteiger partial charge < -0.3 is 15.2 Å². The molecule has 27 heavy (non-hydrogen) atoms. The number of ether oxygens (including phenoxy) is 1. The summed E-state index contributed by atoms with van der Waals surface area (Å²) >= 11 is 0. The predicted molar refractivity (Wildman–Crippen MR) is 107 cm³/mol. The van der Waals surface area contributed by atoms with Crippen LogP contribution in [0.2, 0.25) is 0 Å². The van der Waals surface area contributed by atoms with Crippen LogP contribution < -0.4 is 5.32 Å². The van der Waals surface area contributed by atoms with Gasteiger partial charge in [-0.2, -0.15) is 0 Å². The van der Waals surface area contributed by atoms with Crippen LogP contribution in [0.25, 0.3) is 0 Å². The van der Waals surface area contributed by atoms with Crippen LogP contribution in [0.4, 0.5) is 5.69 Å². The molecule has 5 nitrogen and oxygen atoms in total. The van der Waals surface area contributed by atoms with E-state index in [-0.39, 0.29) is 11.9 Å². The van der Waals surface area contributed by atoms with Gasteiger partial charge in [0.1, 0.15) is 0 Å². The number of aryl methyl sites for hydroxylation is 2. The minimum Gasteiger partial charge on any atom is -0.389 e. The molecule has 1 amide bonds. The molecule has 0 radical (unpaired) electrons. The van der Waals surface area contributed by atoms with Crippen LogP contribution in [0.3, 0.4) is 0 Å². The molecule has 1 heterocycles. The lowest BCUT2D eigenvalue weighted by Gasteiger charge is -2.28. The molecule has 1 aliphatic heterocycles. The number of nitrogens with one attached hydrogen (secondary N) is 1. The molecule has 0 aliphatic carbocycles. The summed E-state index contributed by atoms with van der Waals surface area (Å²) in [5.41, 5.74) is 4.65. The van der Waals surface area contributed by atoms with Crippen molar-refractivity contribution in [1.29, 1.82) is 0 Å². The highest BCUT2D eigenvalue weighted by atomic mass is 16.5. The van der Waals surface area contributed by atoms with Crippen molar-refractivity contribution in [3.63, 3.8) is 0 Å². The number of hydrogen-bond donors (Lipinski definition) is 2. The third-order valence-electron chi connectivity index (χ3n) is 5.19. The van der Waals surface area contributed by atoms with Crippen LogP contribution in [0.5, 0.6) is 0 Å². The van der Waals surface area contributed by atoms with E-state index < -0.39 is 6.10 Å². The fraction of sp³-hybridized carbons (Fsp3) is 0.409. The van der Waals surface area contributed by atoms with E-state index in [0.29, 0.717) is 25.3 Å². The SMILES string of the molecule is CCN(Cc1cccc(C(=O)Nc2c(C)cccc2C)c1)[C@H]1COC[C@@H]1O. The topological polar surface area (TPSA) is 61.8 Å². The zero-order valence-corrected chi connectivity index (χ0v) is 16.2. The molecule has 5 heteroatoms. The number of benzene rings is 2. The van der Waals surface area contributed by atoms with Crippen LogP contribution in [0.1, 0.15) is 34.0 Å². The standard InChI is InChI=1S/C22H28N2O3/c1-4-24(19-13-27-14-20(19)25)12-17-9-6-10-18(11-17)22(26)23-21-15(2)7-5-8-16(21)3/h5-11,19-20,25H,4,12-14H2,1-3H3,(H,23,26)/t19-,20-/m0/s1. The fourth-order valence-electron chi connectivity index (χ4n) is 3.59. The van der Waals surface area contributed by atoms with E-state index in [1.54, 1.807) is 0 Å². The van der Waals surface area contributed by atoms with Crippen molar-refractivity contribution in [1.82, 2.24) is 4.90 Å². The Morgan fingerprint density at radius 3 is 2.52 bits per heavy atom. The van der Waals surface area contributed by atoms with Crippen LogP contribution in [0.15, 0.2) is 42.5 Å². The minimum absolute atomic E-state index is 0.00194. The summed E-state index contributed by atoms with van der Waals surface area (Å²) in [6.07, 6.45) is -0.458. The van der Waals surface area contributed by atoms with Gasteiger partial charge in [-0.05, 0) is 49.2 Å². The minimum atomic E-state index is -0.458. The normalized spacial score (nSPS) is 19.4. The number of carbonyl (C=O) groups excluding carboxylic acids is 1. The van der Waals surface area contributed by atoms with Crippen LogP contribution >= 0.6 is 0 Å². The maximum atomic E-state index is 12.7. The first-order valence-corrected chi connectivity index (χ1v) is 9.46. The second kappa shape index (κ2) is 8.65. The lowest BCUT2D eigenvalue weighted by molar-refractivity contribution is 0.0807. The molecule has 1 saturated heterocycles. The number of nitrogens with zero attached hydrogens (tertiary/aromatic N) is 1. The highest BCUT2D eigenvalue weighted by Gasteiger charge is 2.30. The number of aliphatic hydroxyl groups excluding tert-OH is 1. The number of hydrogen-bond acceptors (Lipinski definition) is 4. The van der Waals surface area contributed by atoms with Gasteiger partial charge in [-0.15, -0.1) is 0 Å². The van der Waals surface area contributed by atoms with Gasteiger partial charge >= 0.3 is 0 Å². The fourth-order valence-corrected chi connectivity index (χ4v) is 3.59. The quantitative estimate of drug-likeness (QED) is 0.822. The molecule has 2 N–H and O–H groups in total. The second-order valence-electron chi connectivity index (χ2n) is 7.16. The molecular formula is C22H28N2O3. The summed E-state index contributed by atoms with van der Waals surface area (Å²) in [6.45, 7) is 8.47. The molecule has 0 unspecified atom stereocenters. The molecule has 3 rings (SSSR count). The monoisotopic (exact) mass is 368 g/mol. The van der Waals surface area contributed by atoms with Crippen molar-refractivity contribution in [2.75, 3.05) is 25.1 Å². The van der Waals surface area contributed by atoms with Gasteiger partial charge in [0.25, 0.3) is 5.91 Å². The smallest absolute Gasteiger partial charge is 0.255 e. The maximum Gasteiger partial charge on any atom is 0.255 e. The molecule has 144 valence electrons. The highest BCUT2D eigenvalue weighted by Crippen LogP contribution is 2.21. The third-order valence-corrected chi connectivity index (χ3v) is 5.19. The number of rotatable bonds is 6. The molecule has 2 aromatic rings. The van der Waals surface area contributed by atoms with Gasteiger partial charge in [0.15, 0.2) is 0 Å². The summed E-state index contributed by atoms with van der Waals surface area (Å²) in [5, 5.41) is 13.1. The van der Waals surface area contributed by atoms with Crippen molar-refractivity contribution >= 4 is 11.6 Å². The van der Waals surface area contributed by atoms with Gasteiger partial charge in [-0.25, -0.2) is 0 Å². The average Bonchev–Trinajstić information content (AvgIpc) is 3.09. The maximum absolute atomic E-state index is 12.7. The lowest BCUT2D eigenvalue weighted by atomic mass is 10.1. The van der Waals surface area contributed by atoms with E-state index >= 15 is 0 Å². The Hall–Kier alpha value is -2.21. The molecule has 2 aromatic carbocycles. The van der Waals surface area contributed by atoms with E-state index in [0.717, 1.165) is 28.9 Å². The molecule has 1 fully saturated rings. The number of amides is 1. The highest BCUT2D eigenvalue weighted by molar-refractivity contribution is 6.05. The van der Waals surface area contributed by atoms with Crippen LogP contribution in [-0.2, 0) is 11.3 Å². The third kappa shape index (κ3) is 4.56. The number of aliphatic hydroxyl groups is 1. The second-order valence-corrected chi connectivity index (χ2v) is 7.16. The van der Waals surface area contributed by atoms with Gasteiger partial charge in [-0.1, -0.05) is 37.3 Å². The van der Waals surface area contributed by atoms with Gasteiger partial charge in [0.05, 0.1) is 25.4 Å². The lowest BCUT2D eigenvalue weighted by Crippen LogP contribution is -2.42. The van der Waals surface area contributed by atoms with Gasteiger partial charge in [0.2, 0.25) is 0 Å². The van der Waals surface area contributed by atoms with Crippen molar-refractivity contribution < 1.29 is 14.6 Å². The first-order valence-electron chi connectivity index (χ1n) is 9.46. The summed E-state index contributed by atoms with van der Waals surface area (Å²) in [7, 11) is 0. The van der Waals surface area contributed by atoms with Crippen molar-refractivity contribution in [2.24, 2.45) is 0 Å². The molecule has 2 atom stereocenters. The summed E-state index contributed by atoms with van der Waals surface area (Å²) in [5.74, 6) is -0.110. The molecule has 1 aliphatic rings. The van der Waals surface area contributed by atoms with Crippen molar-refractivity contribution in [2.45, 2.75) is 39.5 Å². The van der Waals surface area contributed by atoms with Gasteiger partial charge in [-0.3, -0.25) is 9.69 Å². The van der Waals surface area contributed by atoms with E-state index in [1.165, 1.54) is 0 Å². The predicted octanol–water partition coefficient (Wildman–Crippen LogP) is 3.14. The van der Waals surface area contributed by atoms with E-state index in [2.05, 4.69) is 17.1 Å². The summed E-state index contributed by atoms with van der Waals surface area (Å²) in [6, 6.07) is 13.7. The number of anilines is 1. The Kier molecular flexibility index (Phi) is 6.26. The molecule has 0 aromatic heterocycles. The average molecular weight is 368 g/mol. The van der Waals surface area contributed by atoms with E-state index in [1.807, 2.05) is 56.3 Å². The van der Waals surface area contributed by atoms with Crippen molar-refractivity contribution in [3.8, 4) is 0 Å². The summed E-state index contributed by atoms with van der Waals surface area (Å²) in [4.78, 5) is 14.9.